The summed E-state index contributed by atoms with van der Waals surface area (Å²) in [6.07, 6.45) is 0. The topological polar surface area (TPSA) is 30.5 Å². The van der Waals surface area contributed by atoms with Gasteiger partial charge in [0.2, 0.25) is 0 Å². The SMILES string of the molecule is CC(C)(C)c1ccc2c(c1)C(C)(C)c1cc3c4c(c1N2)N1c2ccc(C(C)(C)C)cc2C(C)(C)c2cc5c(c(c21)N4c1ccc(C(C)(C)C)cc1C3(C)C)Nc1ccc(C(C)(C)C)cc1C5(C)C. The second kappa shape index (κ2) is 13.2. The lowest BCUT2D eigenvalue weighted by Crippen LogP contribution is -2.42. The standard InChI is InChI=1S/C64H76N4/c1-57(2,3)35-21-25-47-39(29-35)61(13,14)43-33-45-53-55(51(43)65-47)67-49-27-23-38(60(10,11)12)32-42(49)64(19,20)46-34-44-52(66-48-26-22-36(58(4,5)6)30-40(48)62(44,15)16)56(54(46)67)68(53)50-28-24-37(59(7,8)9)31-41(50)63(45,17)18/h21-34,65-66H,1-20H3. The summed E-state index contributed by atoms with van der Waals surface area (Å²) >= 11 is 0. The minimum Gasteiger partial charge on any atom is -0.353 e. The Kier molecular flexibility index (Phi) is 8.75. The van der Waals surface area contributed by atoms with Crippen molar-refractivity contribution in [2.45, 2.75) is 182 Å². The van der Waals surface area contributed by atoms with Crippen LogP contribution in [0.2, 0.25) is 0 Å². The predicted molar refractivity (Wildman–Crippen MR) is 292 cm³/mol. The molecule has 5 aliphatic rings. The van der Waals surface area contributed by atoms with Crippen molar-refractivity contribution < 1.29 is 0 Å². The number of hydrogen-bond donors (Lipinski definition) is 2. The average molecular weight is 901 g/mol. The number of nitrogens with one attached hydrogen (secondary N) is 2. The van der Waals surface area contributed by atoms with Crippen molar-refractivity contribution in [2.75, 3.05) is 20.4 Å². The molecule has 0 spiro atoms. The van der Waals surface area contributed by atoms with Crippen molar-refractivity contribution in [3.63, 3.8) is 0 Å². The summed E-state index contributed by atoms with van der Waals surface area (Å²) in [5.74, 6) is 0. The molecule has 0 atom stereocenters. The Bertz CT molecular complexity index is 3000. The molecular weight excluding hydrogens is 825 g/mol. The van der Waals surface area contributed by atoms with E-state index in [1.807, 2.05) is 0 Å². The van der Waals surface area contributed by atoms with Crippen LogP contribution in [0.3, 0.4) is 0 Å². The Labute approximate surface area is 409 Å². The van der Waals surface area contributed by atoms with E-state index in [0.717, 1.165) is 0 Å². The summed E-state index contributed by atoms with van der Waals surface area (Å²) in [5, 5.41) is 8.45. The van der Waals surface area contributed by atoms with Gasteiger partial charge in [-0.2, -0.15) is 0 Å². The second-order valence-corrected chi connectivity index (χ2v) is 27.5. The zero-order chi connectivity index (χ0) is 49.2. The Morgan fingerprint density at radius 3 is 0.897 bits per heavy atom. The maximum Gasteiger partial charge on any atom is 0.0948 e. The summed E-state index contributed by atoms with van der Waals surface area (Å²) in [4.78, 5) is 5.45. The smallest absolute Gasteiger partial charge is 0.0948 e. The first kappa shape index (κ1) is 45.0. The van der Waals surface area contributed by atoms with Gasteiger partial charge in [-0.15, -0.1) is 0 Å². The maximum atomic E-state index is 4.23. The van der Waals surface area contributed by atoms with Gasteiger partial charge in [0.15, 0.2) is 0 Å². The molecule has 4 nitrogen and oxygen atoms in total. The lowest BCUT2D eigenvalue weighted by molar-refractivity contribution is 0.573. The maximum absolute atomic E-state index is 4.23. The number of hydrogen-bond acceptors (Lipinski definition) is 4. The molecule has 0 amide bonds. The average Bonchev–Trinajstić information content (AvgIpc) is 3.22. The fourth-order valence-electron chi connectivity index (χ4n) is 12.6. The summed E-state index contributed by atoms with van der Waals surface area (Å²) < 4.78 is 0. The molecule has 6 aromatic rings. The molecule has 352 valence electrons. The Morgan fingerprint density at radius 2 is 0.588 bits per heavy atom. The van der Waals surface area contributed by atoms with Crippen LogP contribution in [0.5, 0.6) is 0 Å². The van der Waals surface area contributed by atoms with Gasteiger partial charge >= 0.3 is 0 Å². The highest BCUT2D eigenvalue weighted by Crippen LogP contribution is 2.72. The van der Waals surface area contributed by atoms with Crippen LogP contribution in [-0.2, 0) is 43.3 Å². The first-order chi connectivity index (χ1) is 31.3. The van der Waals surface area contributed by atoms with Gasteiger partial charge in [-0.1, -0.05) is 187 Å². The summed E-state index contributed by atoms with van der Waals surface area (Å²) in [6.45, 7) is 47.9. The van der Waals surface area contributed by atoms with Gasteiger partial charge in [-0.3, -0.25) is 0 Å². The van der Waals surface area contributed by atoms with Crippen LogP contribution in [-0.4, -0.2) is 0 Å². The Balaban J connectivity index is 1.32. The number of nitrogens with zero attached hydrogens (tertiary/aromatic N) is 2. The molecule has 5 aliphatic heterocycles. The van der Waals surface area contributed by atoms with Crippen molar-refractivity contribution in [1.82, 2.24) is 0 Å². The molecule has 0 unspecified atom stereocenters. The number of benzene rings is 6. The van der Waals surface area contributed by atoms with E-state index < -0.39 is 0 Å². The van der Waals surface area contributed by atoms with Crippen molar-refractivity contribution in [2.24, 2.45) is 0 Å². The highest BCUT2D eigenvalue weighted by molar-refractivity contribution is 6.16. The third-order valence-electron chi connectivity index (χ3n) is 17.3. The summed E-state index contributed by atoms with van der Waals surface area (Å²) in [5.41, 5.74) is 27.4. The lowest BCUT2D eigenvalue weighted by atomic mass is 9.64. The third kappa shape index (κ3) is 5.91. The Hall–Kier alpha value is -5.48. The second-order valence-electron chi connectivity index (χ2n) is 27.5. The number of rotatable bonds is 0. The predicted octanol–water partition coefficient (Wildman–Crippen LogP) is 18.2. The number of fused-ring (bicyclic) bond motifs is 12. The quantitative estimate of drug-likeness (QED) is 0.159. The molecule has 0 aliphatic carbocycles. The van der Waals surface area contributed by atoms with E-state index in [1.54, 1.807) is 0 Å². The van der Waals surface area contributed by atoms with E-state index >= 15 is 0 Å². The zero-order valence-electron chi connectivity index (χ0n) is 45.0. The molecule has 11 rings (SSSR count). The van der Waals surface area contributed by atoms with Gasteiger partial charge in [-0.05, 0) is 125 Å². The first-order valence-corrected chi connectivity index (χ1v) is 25.4. The molecule has 68 heavy (non-hydrogen) atoms. The van der Waals surface area contributed by atoms with Crippen LogP contribution in [0, 0.1) is 0 Å². The lowest BCUT2D eigenvalue weighted by Gasteiger charge is -2.55. The van der Waals surface area contributed by atoms with Crippen LogP contribution in [0.1, 0.15) is 205 Å². The van der Waals surface area contributed by atoms with E-state index in [4.69, 9.17) is 0 Å². The van der Waals surface area contributed by atoms with Crippen LogP contribution in [0.25, 0.3) is 0 Å². The van der Waals surface area contributed by atoms with Gasteiger partial charge in [-0.25, -0.2) is 0 Å². The Morgan fingerprint density at radius 1 is 0.309 bits per heavy atom. The largest absolute Gasteiger partial charge is 0.353 e. The molecule has 6 aromatic carbocycles. The van der Waals surface area contributed by atoms with Gasteiger partial charge < -0.3 is 20.4 Å². The van der Waals surface area contributed by atoms with Gasteiger partial charge in [0.1, 0.15) is 0 Å². The number of anilines is 10. The fraction of sp³-hybridized carbons (Fsp3) is 0.438. The van der Waals surface area contributed by atoms with Crippen molar-refractivity contribution >= 4 is 56.9 Å². The first-order valence-electron chi connectivity index (χ1n) is 25.4. The van der Waals surface area contributed by atoms with E-state index in [-0.39, 0.29) is 43.3 Å². The molecule has 2 N–H and O–H groups in total. The van der Waals surface area contributed by atoms with Crippen molar-refractivity contribution in [1.29, 1.82) is 0 Å². The van der Waals surface area contributed by atoms with Crippen molar-refractivity contribution in [3.8, 4) is 0 Å². The molecule has 0 fully saturated rings. The molecule has 0 aromatic heterocycles. The monoisotopic (exact) mass is 901 g/mol. The molecular formula is C64H76N4. The van der Waals surface area contributed by atoms with E-state index in [1.165, 1.54) is 124 Å². The molecule has 0 bridgehead atoms. The third-order valence-corrected chi connectivity index (χ3v) is 17.3. The highest BCUT2D eigenvalue weighted by Gasteiger charge is 2.53. The van der Waals surface area contributed by atoms with E-state index in [9.17, 15) is 0 Å². The van der Waals surface area contributed by atoms with Gasteiger partial charge in [0, 0.05) is 33.0 Å². The molecule has 0 saturated heterocycles. The minimum absolute atomic E-state index is 0.0165. The highest BCUT2D eigenvalue weighted by atomic mass is 15.3. The molecule has 0 saturated carbocycles. The van der Waals surface area contributed by atoms with Crippen molar-refractivity contribution in [3.05, 3.63) is 152 Å². The van der Waals surface area contributed by atoms with Crippen LogP contribution in [0.4, 0.5) is 56.9 Å². The molecule has 4 heteroatoms. The molecule has 0 radical (unpaired) electrons. The van der Waals surface area contributed by atoms with E-state index in [0.29, 0.717) is 0 Å². The minimum atomic E-state index is -0.332. The molecule has 5 heterocycles. The van der Waals surface area contributed by atoms with Crippen LogP contribution < -0.4 is 20.4 Å². The zero-order valence-corrected chi connectivity index (χ0v) is 45.0. The van der Waals surface area contributed by atoms with E-state index in [2.05, 4.69) is 244 Å². The van der Waals surface area contributed by atoms with Crippen LogP contribution >= 0.6 is 0 Å². The van der Waals surface area contributed by atoms with Gasteiger partial charge in [0.25, 0.3) is 0 Å². The summed E-state index contributed by atoms with van der Waals surface area (Å²) in [6, 6.07) is 34.4. The fourth-order valence-corrected chi connectivity index (χ4v) is 12.6. The normalized spacial score (nSPS) is 18.4. The van der Waals surface area contributed by atoms with Crippen LogP contribution in [0.15, 0.2) is 84.9 Å². The van der Waals surface area contributed by atoms with Gasteiger partial charge in [0.05, 0.1) is 45.5 Å². The summed E-state index contributed by atoms with van der Waals surface area (Å²) in [7, 11) is 0.